The largest absolute Gasteiger partial charge is 0.289 e. The van der Waals surface area contributed by atoms with Crippen LogP contribution in [0.25, 0.3) is 0 Å². The third-order valence-electron chi connectivity index (χ3n) is 0.658. The molecule has 0 saturated carbocycles. The predicted octanol–water partition coefficient (Wildman–Crippen LogP) is 0.636. The van der Waals surface area contributed by atoms with Crippen LogP contribution in [0.1, 0.15) is 13.3 Å². The van der Waals surface area contributed by atoms with Gasteiger partial charge in [0.1, 0.15) is 0 Å². The van der Waals surface area contributed by atoms with E-state index < -0.39 is 11.3 Å². The molecule has 0 aromatic heterocycles. The van der Waals surface area contributed by atoms with E-state index in [1.54, 1.807) is 0 Å². The molecule has 0 aromatic carbocycles. The van der Waals surface area contributed by atoms with Crippen molar-refractivity contribution >= 4 is 11.3 Å². The van der Waals surface area contributed by atoms with Crippen molar-refractivity contribution in [3.05, 3.63) is 12.3 Å². The Balaban J connectivity index is 3.40. The molecule has 0 fully saturated rings. The first-order chi connectivity index (χ1) is 3.66. The van der Waals surface area contributed by atoms with E-state index in [4.69, 9.17) is 4.55 Å². The fourth-order valence-corrected chi connectivity index (χ4v) is 0.587. The molecule has 8 heavy (non-hydrogen) atoms. The van der Waals surface area contributed by atoms with Gasteiger partial charge in [-0.1, -0.05) is 13.5 Å². The molecule has 1 atom stereocenters. The Kier molecular flexibility index (Phi) is 3.47. The van der Waals surface area contributed by atoms with E-state index in [-0.39, 0.29) is 0 Å². The molecule has 0 bridgehead atoms. The van der Waals surface area contributed by atoms with E-state index in [1.165, 1.54) is 0 Å². The Morgan fingerprint density at radius 3 is 2.62 bits per heavy atom. The smallest absolute Gasteiger partial charge is 0.258 e. The van der Waals surface area contributed by atoms with Gasteiger partial charge in [0.2, 0.25) is 0 Å². The maximum Gasteiger partial charge on any atom is 0.258 e. The van der Waals surface area contributed by atoms with Crippen LogP contribution in [0, 0.1) is 0 Å². The molecule has 0 aromatic rings. The van der Waals surface area contributed by atoms with Crippen LogP contribution in [-0.2, 0) is 11.3 Å². The van der Waals surface area contributed by atoms with Gasteiger partial charge in [-0.25, -0.2) is 4.21 Å². The minimum atomic E-state index is -1.95. The Labute approximate surface area is 51.2 Å². The third kappa shape index (κ3) is 3.83. The molecule has 2 N–H and O–H groups in total. The summed E-state index contributed by atoms with van der Waals surface area (Å²) >= 11 is -1.95. The first-order valence-electron chi connectivity index (χ1n) is 2.22. The van der Waals surface area contributed by atoms with Gasteiger partial charge in [0.15, 0.2) is 0 Å². The van der Waals surface area contributed by atoms with Gasteiger partial charge in [0.05, 0.1) is 0 Å². The highest BCUT2D eigenvalue weighted by Crippen LogP contribution is 1.88. The molecule has 0 aliphatic rings. The minimum absolute atomic E-state index is 0.575. The summed E-state index contributed by atoms with van der Waals surface area (Å²) in [6, 6.07) is 0. The highest BCUT2D eigenvalue weighted by molar-refractivity contribution is 7.77. The lowest BCUT2D eigenvalue weighted by atomic mass is 10.4. The lowest BCUT2D eigenvalue weighted by Crippen LogP contribution is -2.13. The molecule has 3 nitrogen and oxygen atoms in total. The van der Waals surface area contributed by atoms with Gasteiger partial charge in [-0.3, -0.25) is 9.27 Å². The van der Waals surface area contributed by atoms with Crippen molar-refractivity contribution in [2.75, 3.05) is 0 Å². The van der Waals surface area contributed by atoms with Gasteiger partial charge in [0.25, 0.3) is 11.3 Å². The Bertz CT molecular complexity index is 113. The lowest BCUT2D eigenvalue weighted by molar-refractivity contribution is 0.555. The molecule has 0 heterocycles. The standard InChI is InChI=1S/C4H9NO2S/c1-3-4(2)5-8(6)7/h5H,2-3H2,1H3,(H,6,7). The summed E-state index contributed by atoms with van der Waals surface area (Å²) in [6.07, 6.45) is 0.673. The predicted molar refractivity (Wildman–Crippen MR) is 33.3 cm³/mol. The van der Waals surface area contributed by atoms with Crippen LogP contribution >= 0.6 is 0 Å². The van der Waals surface area contributed by atoms with Crippen molar-refractivity contribution in [1.82, 2.24) is 4.72 Å². The maximum atomic E-state index is 9.91. The molecular formula is C4H9NO2S. The molecule has 0 rings (SSSR count). The Morgan fingerprint density at radius 2 is 2.50 bits per heavy atom. The number of rotatable bonds is 3. The molecule has 1 unspecified atom stereocenters. The highest BCUT2D eigenvalue weighted by atomic mass is 32.2. The van der Waals surface area contributed by atoms with Crippen molar-refractivity contribution < 1.29 is 8.76 Å². The molecule has 0 saturated heterocycles. The van der Waals surface area contributed by atoms with Crippen molar-refractivity contribution in [3.63, 3.8) is 0 Å². The number of hydrogen-bond donors (Lipinski definition) is 2. The molecule has 48 valence electrons. The van der Waals surface area contributed by atoms with Crippen LogP contribution < -0.4 is 4.72 Å². The summed E-state index contributed by atoms with van der Waals surface area (Å²) in [4.78, 5) is 0. The zero-order chi connectivity index (χ0) is 6.57. The van der Waals surface area contributed by atoms with E-state index in [0.717, 1.165) is 0 Å². The normalized spacial score (nSPS) is 12.8. The molecule has 0 spiro atoms. The number of allylic oxidation sites excluding steroid dienone is 1. The highest BCUT2D eigenvalue weighted by Gasteiger charge is 1.89. The second-order valence-corrected chi connectivity index (χ2v) is 2.01. The maximum absolute atomic E-state index is 9.91. The lowest BCUT2D eigenvalue weighted by Gasteiger charge is -1.98. The Morgan fingerprint density at radius 1 is 2.00 bits per heavy atom. The zero-order valence-electron chi connectivity index (χ0n) is 4.68. The molecular weight excluding hydrogens is 126 g/mol. The van der Waals surface area contributed by atoms with Crippen LogP contribution in [0.5, 0.6) is 0 Å². The average Bonchev–Trinajstić information content (AvgIpc) is 1.65. The fraction of sp³-hybridized carbons (Fsp3) is 0.500. The van der Waals surface area contributed by atoms with E-state index in [2.05, 4.69) is 11.3 Å². The van der Waals surface area contributed by atoms with Gasteiger partial charge in [0, 0.05) is 5.70 Å². The molecule has 0 amide bonds. The first kappa shape index (κ1) is 7.65. The Hall–Kier alpha value is -0.350. The van der Waals surface area contributed by atoms with E-state index in [1.807, 2.05) is 6.92 Å². The van der Waals surface area contributed by atoms with Gasteiger partial charge in [-0.15, -0.1) is 0 Å². The van der Waals surface area contributed by atoms with Crippen molar-refractivity contribution in [2.45, 2.75) is 13.3 Å². The minimum Gasteiger partial charge on any atom is -0.289 e. The summed E-state index contributed by atoms with van der Waals surface area (Å²) in [5, 5.41) is 0. The number of nitrogens with one attached hydrogen (secondary N) is 1. The number of hydrogen-bond acceptors (Lipinski definition) is 1. The fourth-order valence-electron chi connectivity index (χ4n) is 0.196. The molecule has 0 aliphatic carbocycles. The van der Waals surface area contributed by atoms with Crippen molar-refractivity contribution in [1.29, 1.82) is 0 Å². The van der Waals surface area contributed by atoms with Gasteiger partial charge >= 0.3 is 0 Å². The van der Waals surface area contributed by atoms with Crippen LogP contribution in [0.4, 0.5) is 0 Å². The van der Waals surface area contributed by atoms with E-state index in [9.17, 15) is 4.21 Å². The summed E-state index contributed by atoms with van der Waals surface area (Å²) < 4.78 is 20.3. The van der Waals surface area contributed by atoms with E-state index in [0.29, 0.717) is 12.1 Å². The summed E-state index contributed by atoms with van der Waals surface area (Å²) in [5.41, 5.74) is 0.575. The SMILES string of the molecule is C=C(CC)NS(=O)O. The van der Waals surface area contributed by atoms with Gasteiger partial charge in [-0.2, -0.15) is 0 Å². The summed E-state index contributed by atoms with van der Waals surface area (Å²) in [7, 11) is 0. The molecule has 4 heteroatoms. The first-order valence-corrected chi connectivity index (χ1v) is 3.32. The molecule has 0 radical (unpaired) electrons. The van der Waals surface area contributed by atoms with Crippen molar-refractivity contribution in [2.24, 2.45) is 0 Å². The van der Waals surface area contributed by atoms with Crippen LogP contribution in [-0.4, -0.2) is 8.76 Å². The van der Waals surface area contributed by atoms with Crippen molar-refractivity contribution in [3.8, 4) is 0 Å². The molecule has 0 aliphatic heterocycles. The van der Waals surface area contributed by atoms with Gasteiger partial charge in [-0.05, 0) is 6.42 Å². The second-order valence-electron chi connectivity index (χ2n) is 1.31. The van der Waals surface area contributed by atoms with E-state index >= 15 is 0 Å². The van der Waals surface area contributed by atoms with Crippen LogP contribution in [0.15, 0.2) is 12.3 Å². The average molecular weight is 135 g/mol. The zero-order valence-corrected chi connectivity index (χ0v) is 5.49. The monoisotopic (exact) mass is 135 g/mol. The van der Waals surface area contributed by atoms with Crippen LogP contribution in [0.2, 0.25) is 0 Å². The quantitative estimate of drug-likeness (QED) is 0.558. The van der Waals surface area contributed by atoms with Gasteiger partial charge < -0.3 is 0 Å². The van der Waals surface area contributed by atoms with Crippen LogP contribution in [0.3, 0.4) is 0 Å². The summed E-state index contributed by atoms with van der Waals surface area (Å²) in [6.45, 7) is 5.30. The second kappa shape index (κ2) is 3.63. The summed E-state index contributed by atoms with van der Waals surface area (Å²) in [5.74, 6) is 0. The topological polar surface area (TPSA) is 49.3 Å². The third-order valence-corrected chi connectivity index (χ3v) is 1.12.